The van der Waals surface area contributed by atoms with E-state index in [0.29, 0.717) is 36.7 Å². The molecule has 10 heteroatoms. The maximum atomic E-state index is 13.1. The molecule has 176 valence electrons. The van der Waals surface area contributed by atoms with E-state index in [1.54, 1.807) is 29.2 Å². The van der Waals surface area contributed by atoms with Gasteiger partial charge in [0.1, 0.15) is 6.10 Å². The summed E-state index contributed by atoms with van der Waals surface area (Å²) in [5.41, 5.74) is -0.527. The number of carbonyl (C=O) groups excluding carboxylic acids is 2. The summed E-state index contributed by atoms with van der Waals surface area (Å²) in [6, 6.07) is 6.99. The highest BCUT2D eigenvalue weighted by molar-refractivity contribution is 6.04. The largest absolute Gasteiger partial charge is 0.483 e. The maximum Gasteiger partial charge on any atom is 0.312 e. The second-order valence-corrected chi connectivity index (χ2v) is 8.86. The number of nitrogens with zero attached hydrogens (tertiary/aromatic N) is 3. The number of esters is 1. The summed E-state index contributed by atoms with van der Waals surface area (Å²) in [6.07, 6.45) is 4.35. The quantitative estimate of drug-likeness (QED) is 0.521. The van der Waals surface area contributed by atoms with Gasteiger partial charge in [-0.2, -0.15) is 5.10 Å². The zero-order valence-electron chi connectivity index (χ0n) is 18.4. The van der Waals surface area contributed by atoms with Crippen molar-refractivity contribution in [2.45, 2.75) is 38.2 Å². The van der Waals surface area contributed by atoms with Gasteiger partial charge >= 0.3 is 5.97 Å². The lowest BCUT2D eigenvalue weighted by Crippen LogP contribution is -2.45. The number of aromatic nitrogens is 2. The Morgan fingerprint density at radius 1 is 1.15 bits per heavy atom. The molecule has 3 aliphatic rings. The van der Waals surface area contributed by atoms with Crippen molar-refractivity contribution in [2.24, 2.45) is 5.41 Å². The second kappa shape index (κ2) is 9.70. The molecule has 10 nitrogen and oxygen atoms in total. The van der Waals surface area contributed by atoms with E-state index in [4.69, 9.17) is 14.6 Å². The van der Waals surface area contributed by atoms with Gasteiger partial charge < -0.3 is 14.7 Å². The molecule has 0 radical (unpaired) electrons. The Hall–Kier alpha value is -3.27. The molecule has 3 saturated heterocycles. The topological polar surface area (TPSA) is 133 Å². The number of H-pyrrole nitrogens is 1. The van der Waals surface area contributed by atoms with Gasteiger partial charge in [0.25, 0.3) is 17.9 Å². The van der Waals surface area contributed by atoms with Gasteiger partial charge in [-0.1, -0.05) is 18.2 Å². The maximum absolute atomic E-state index is 13.1. The summed E-state index contributed by atoms with van der Waals surface area (Å²) in [4.78, 5) is 50.3. The number of benzene rings is 1. The number of piperidine rings is 1. The number of carboxylic acid groups (broad SMARTS) is 1. The van der Waals surface area contributed by atoms with Gasteiger partial charge in [-0.3, -0.25) is 24.1 Å². The molecule has 1 atom stereocenters. The first-order chi connectivity index (χ1) is 16.0. The molecule has 3 fully saturated rings. The number of hydrogen-bond donors (Lipinski definition) is 2. The van der Waals surface area contributed by atoms with E-state index in [-0.39, 0.29) is 35.7 Å². The molecular formula is C23H28N4O6. The van der Waals surface area contributed by atoms with E-state index in [0.717, 1.165) is 26.1 Å². The minimum Gasteiger partial charge on any atom is -0.483 e. The Kier molecular flexibility index (Phi) is 6.73. The van der Waals surface area contributed by atoms with Crippen LogP contribution in [-0.2, 0) is 14.3 Å². The molecule has 1 unspecified atom stereocenters. The van der Waals surface area contributed by atoms with Crippen molar-refractivity contribution in [2.75, 3.05) is 32.7 Å². The molecule has 33 heavy (non-hydrogen) atoms. The van der Waals surface area contributed by atoms with E-state index < -0.39 is 5.41 Å². The van der Waals surface area contributed by atoms with Gasteiger partial charge in [0.15, 0.2) is 5.69 Å². The molecule has 1 aromatic heterocycles. The average molecular weight is 456 g/mol. The van der Waals surface area contributed by atoms with Gasteiger partial charge in [0, 0.05) is 31.4 Å². The molecule has 5 rings (SSSR count). The van der Waals surface area contributed by atoms with Crippen molar-refractivity contribution < 1.29 is 24.2 Å². The number of nitrogens with one attached hydrogen (secondary N) is 1. The molecule has 1 aromatic carbocycles. The van der Waals surface area contributed by atoms with Crippen molar-refractivity contribution in [3.05, 3.63) is 40.3 Å². The fourth-order valence-corrected chi connectivity index (χ4v) is 5.17. The lowest BCUT2D eigenvalue weighted by molar-refractivity contribution is -0.151. The van der Waals surface area contributed by atoms with Crippen LogP contribution in [0.2, 0.25) is 0 Å². The first-order valence-corrected chi connectivity index (χ1v) is 11.3. The summed E-state index contributed by atoms with van der Waals surface area (Å²) < 4.78 is 5.73. The SMILES string of the molecule is O=C(c1n[nH]c(=O)c2ccccc12)N1CCC2(CC1)CC(CN1CCCC1)OC2=O.O=CO. The van der Waals surface area contributed by atoms with Crippen molar-refractivity contribution >= 4 is 29.1 Å². The van der Waals surface area contributed by atoms with Gasteiger partial charge in [-0.05, 0) is 44.8 Å². The Balaban J connectivity index is 0.000000821. The van der Waals surface area contributed by atoms with Crippen molar-refractivity contribution in [3.63, 3.8) is 0 Å². The third kappa shape index (κ3) is 4.61. The monoisotopic (exact) mass is 456 g/mol. The van der Waals surface area contributed by atoms with Crippen LogP contribution >= 0.6 is 0 Å². The van der Waals surface area contributed by atoms with E-state index in [9.17, 15) is 14.4 Å². The fourth-order valence-electron chi connectivity index (χ4n) is 5.17. The predicted molar refractivity (Wildman–Crippen MR) is 119 cm³/mol. The van der Waals surface area contributed by atoms with Crippen LogP contribution in [0.1, 0.15) is 42.6 Å². The minimum atomic E-state index is -0.471. The highest BCUT2D eigenvalue weighted by atomic mass is 16.6. The molecule has 4 heterocycles. The number of amides is 1. The Morgan fingerprint density at radius 3 is 2.45 bits per heavy atom. The van der Waals surface area contributed by atoms with Crippen LogP contribution in [0.3, 0.4) is 0 Å². The first-order valence-electron chi connectivity index (χ1n) is 11.3. The van der Waals surface area contributed by atoms with Gasteiger partial charge in [-0.25, -0.2) is 5.10 Å². The van der Waals surface area contributed by atoms with Crippen LogP contribution in [0.25, 0.3) is 10.8 Å². The zero-order chi connectivity index (χ0) is 23.4. The summed E-state index contributed by atoms with van der Waals surface area (Å²) >= 11 is 0. The second-order valence-electron chi connectivity index (χ2n) is 8.86. The van der Waals surface area contributed by atoms with Gasteiger partial charge in [0.05, 0.1) is 10.8 Å². The number of rotatable bonds is 3. The first kappa shape index (κ1) is 22.9. The average Bonchev–Trinajstić information content (AvgIpc) is 3.43. The summed E-state index contributed by atoms with van der Waals surface area (Å²) in [7, 11) is 0. The molecule has 2 N–H and O–H groups in total. The number of aromatic amines is 1. The number of carbonyl (C=O) groups is 3. The third-order valence-corrected chi connectivity index (χ3v) is 6.89. The Morgan fingerprint density at radius 2 is 1.79 bits per heavy atom. The van der Waals surface area contributed by atoms with Crippen LogP contribution < -0.4 is 5.56 Å². The standard InChI is InChI=1S/C22H26N4O4.CH2O2/c27-19-17-6-2-1-5-16(17)18(23-24-19)20(28)26-11-7-22(8-12-26)13-15(30-21(22)29)14-25-9-3-4-10-25;2-1-3/h1-2,5-6,15H,3-4,7-14H2,(H,24,27);1H,(H,2,3). The smallest absolute Gasteiger partial charge is 0.312 e. The summed E-state index contributed by atoms with van der Waals surface area (Å²) in [5.74, 6) is -0.316. The van der Waals surface area contributed by atoms with Crippen LogP contribution in [-0.4, -0.2) is 82.3 Å². The number of hydrogen-bond acceptors (Lipinski definition) is 7. The van der Waals surface area contributed by atoms with Crippen molar-refractivity contribution in [1.29, 1.82) is 0 Å². The van der Waals surface area contributed by atoms with Gasteiger partial charge in [-0.15, -0.1) is 0 Å². The summed E-state index contributed by atoms with van der Waals surface area (Å²) in [5, 5.41) is 14.4. The number of ether oxygens (including phenoxy) is 1. The normalized spacial score (nSPS) is 22.1. The molecular weight excluding hydrogens is 428 g/mol. The lowest BCUT2D eigenvalue weighted by Gasteiger charge is -2.36. The molecule has 3 aliphatic heterocycles. The highest BCUT2D eigenvalue weighted by Crippen LogP contribution is 2.43. The molecule has 0 bridgehead atoms. The van der Waals surface area contributed by atoms with E-state index in [1.165, 1.54) is 12.8 Å². The van der Waals surface area contributed by atoms with Crippen LogP contribution in [0.15, 0.2) is 29.1 Å². The van der Waals surface area contributed by atoms with E-state index in [1.807, 2.05) is 0 Å². The van der Waals surface area contributed by atoms with Gasteiger partial charge in [0.2, 0.25) is 0 Å². The third-order valence-electron chi connectivity index (χ3n) is 6.89. The predicted octanol–water partition coefficient (Wildman–Crippen LogP) is 1.26. The van der Waals surface area contributed by atoms with Crippen LogP contribution in [0, 0.1) is 5.41 Å². The number of fused-ring (bicyclic) bond motifs is 1. The summed E-state index contributed by atoms with van der Waals surface area (Å²) in [6.45, 7) is 3.72. The van der Waals surface area contributed by atoms with Crippen LogP contribution in [0.4, 0.5) is 0 Å². The van der Waals surface area contributed by atoms with Crippen LogP contribution in [0.5, 0.6) is 0 Å². The van der Waals surface area contributed by atoms with E-state index in [2.05, 4.69) is 15.1 Å². The molecule has 0 aliphatic carbocycles. The van der Waals surface area contributed by atoms with Crippen molar-refractivity contribution in [3.8, 4) is 0 Å². The molecule has 2 aromatic rings. The molecule has 1 amide bonds. The number of likely N-dealkylation sites (tertiary alicyclic amines) is 2. The Labute approximate surface area is 190 Å². The molecule has 0 saturated carbocycles. The zero-order valence-corrected chi connectivity index (χ0v) is 18.4. The fraction of sp³-hybridized carbons (Fsp3) is 0.522. The minimum absolute atomic E-state index is 0.0392. The Bertz CT molecular complexity index is 1090. The van der Waals surface area contributed by atoms with E-state index >= 15 is 0 Å². The highest BCUT2D eigenvalue weighted by Gasteiger charge is 2.51. The lowest BCUT2D eigenvalue weighted by atomic mass is 9.76. The van der Waals surface area contributed by atoms with Crippen molar-refractivity contribution in [1.82, 2.24) is 20.0 Å². The molecule has 1 spiro atoms. The number of cyclic esters (lactones) is 1.